The molecule has 5 aromatic rings. The third kappa shape index (κ3) is 3.90. The van der Waals surface area contributed by atoms with Gasteiger partial charge in [0.2, 0.25) is 0 Å². The van der Waals surface area contributed by atoms with Gasteiger partial charge in [0.15, 0.2) is 5.43 Å². The van der Waals surface area contributed by atoms with Gasteiger partial charge in [-0.2, -0.15) is 5.26 Å². The van der Waals surface area contributed by atoms with E-state index in [-0.39, 0.29) is 5.43 Å². The molecule has 172 valence electrons. The summed E-state index contributed by atoms with van der Waals surface area (Å²) >= 11 is 1.58. The number of fused-ring (bicyclic) bond motifs is 2. The Morgan fingerprint density at radius 2 is 1.80 bits per heavy atom. The Labute approximate surface area is 206 Å². The van der Waals surface area contributed by atoms with E-state index < -0.39 is 5.97 Å². The van der Waals surface area contributed by atoms with E-state index in [0.717, 1.165) is 32.8 Å². The number of carbonyl (C=O) groups excluding carboxylic acids is 1. The fraction of sp³-hybridized carbons (Fsp3) is 0.138. The lowest BCUT2D eigenvalue weighted by Crippen LogP contribution is -2.15. The molecule has 0 atom stereocenters. The molecule has 6 heteroatoms. The van der Waals surface area contributed by atoms with Crippen LogP contribution in [0, 0.1) is 11.3 Å². The van der Waals surface area contributed by atoms with Crippen molar-refractivity contribution in [3.05, 3.63) is 105 Å². The van der Waals surface area contributed by atoms with E-state index in [2.05, 4.69) is 17.6 Å². The molecule has 0 fully saturated rings. The van der Waals surface area contributed by atoms with E-state index in [9.17, 15) is 14.9 Å². The summed E-state index contributed by atoms with van der Waals surface area (Å²) in [4.78, 5) is 28.0. The molecule has 0 amide bonds. The monoisotopic (exact) mass is 478 g/mol. The first-order valence-electron chi connectivity index (χ1n) is 11.3. The number of nitrogens with zero attached hydrogens (tertiary/aromatic N) is 2. The van der Waals surface area contributed by atoms with Gasteiger partial charge in [0, 0.05) is 16.8 Å². The maximum Gasteiger partial charge on any atom is 0.340 e. The van der Waals surface area contributed by atoms with Crippen LogP contribution >= 0.6 is 11.3 Å². The molecule has 2 heterocycles. The van der Waals surface area contributed by atoms with E-state index in [1.54, 1.807) is 29.5 Å². The van der Waals surface area contributed by atoms with Gasteiger partial charge in [0.1, 0.15) is 4.83 Å². The van der Waals surface area contributed by atoms with Crippen LogP contribution in [0.15, 0.2) is 77.6 Å². The number of esters is 1. The third-order valence-corrected chi connectivity index (χ3v) is 7.51. The Hall–Kier alpha value is -4.21. The summed E-state index contributed by atoms with van der Waals surface area (Å²) in [6, 6.07) is 25.0. The summed E-state index contributed by atoms with van der Waals surface area (Å²) in [6.07, 6.45) is 0.825. The molecule has 0 saturated carbocycles. The predicted molar refractivity (Wildman–Crippen MR) is 140 cm³/mol. The molecule has 0 saturated heterocycles. The van der Waals surface area contributed by atoms with Crippen LogP contribution in [-0.4, -0.2) is 17.6 Å². The van der Waals surface area contributed by atoms with Crippen molar-refractivity contribution in [1.29, 1.82) is 5.26 Å². The lowest BCUT2D eigenvalue weighted by molar-refractivity contribution is 0.0602. The average molecular weight is 479 g/mol. The summed E-state index contributed by atoms with van der Waals surface area (Å²) in [5.74, 6) is -0.473. The zero-order valence-corrected chi connectivity index (χ0v) is 20.2. The lowest BCUT2D eigenvalue weighted by Gasteiger charge is -2.16. The zero-order chi connectivity index (χ0) is 24.5. The van der Waals surface area contributed by atoms with Crippen LogP contribution < -0.4 is 5.43 Å². The van der Waals surface area contributed by atoms with Crippen LogP contribution in [0.5, 0.6) is 0 Å². The number of para-hydroxylation sites is 1. The summed E-state index contributed by atoms with van der Waals surface area (Å²) < 4.78 is 7.09. The SMILES string of the molecule is CCc1cc2c(=O)c3cccc(C(=O)OC)c3n(Cc3ccc(-c4ccccc4C#N)cc3)c2s1. The number of pyridine rings is 1. The zero-order valence-electron chi connectivity index (χ0n) is 19.4. The maximum atomic E-state index is 13.4. The summed E-state index contributed by atoms with van der Waals surface area (Å²) in [5.41, 5.74) is 4.37. The van der Waals surface area contributed by atoms with Gasteiger partial charge in [-0.15, -0.1) is 11.3 Å². The molecule has 0 aliphatic rings. The van der Waals surface area contributed by atoms with Crippen LogP contribution in [0.1, 0.15) is 33.3 Å². The van der Waals surface area contributed by atoms with E-state index >= 15 is 0 Å². The van der Waals surface area contributed by atoms with Crippen molar-refractivity contribution < 1.29 is 9.53 Å². The molecule has 0 radical (unpaired) electrons. The third-order valence-electron chi connectivity index (χ3n) is 6.21. The van der Waals surface area contributed by atoms with Gasteiger partial charge in [0.05, 0.1) is 35.2 Å². The Balaban J connectivity index is 1.70. The molecule has 2 aromatic heterocycles. The second kappa shape index (κ2) is 9.21. The van der Waals surface area contributed by atoms with Crippen molar-refractivity contribution in [2.75, 3.05) is 7.11 Å². The number of benzene rings is 3. The van der Waals surface area contributed by atoms with Crippen molar-refractivity contribution in [1.82, 2.24) is 4.57 Å². The minimum Gasteiger partial charge on any atom is -0.465 e. The normalized spacial score (nSPS) is 11.0. The number of aromatic nitrogens is 1. The first-order valence-corrected chi connectivity index (χ1v) is 12.1. The topological polar surface area (TPSA) is 72.1 Å². The minimum atomic E-state index is -0.473. The Kier molecular flexibility index (Phi) is 5.94. The van der Waals surface area contributed by atoms with Crippen molar-refractivity contribution in [2.45, 2.75) is 19.9 Å². The molecule has 0 N–H and O–H groups in total. The van der Waals surface area contributed by atoms with Crippen LogP contribution in [0.25, 0.3) is 32.2 Å². The molecule has 0 spiro atoms. The van der Waals surface area contributed by atoms with Crippen molar-refractivity contribution in [3.8, 4) is 17.2 Å². The molecule has 0 unspecified atom stereocenters. The second-order valence-corrected chi connectivity index (χ2v) is 9.36. The molecule has 0 aliphatic carbocycles. The highest BCUT2D eigenvalue weighted by Crippen LogP contribution is 2.31. The van der Waals surface area contributed by atoms with Gasteiger partial charge in [-0.3, -0.25) is 4.79 Å². The number of nitriles is 1. The molecule has 3 aromatic carbocycles. The van der Waals surface area contributed by atoms with Crippen LogP contribution in [-0.2, 0) is 17.7 Å². The average Bonchev–Trinajstić information content (AvgIpc) is 3.35. The number of thiophene rings is 1. The van der Waals surface area contributed by atoms with Gasteiger partial charge < -0.3 is 9.30 Å². The van der Waals surface area contributed by atoms with Gasteiger partial charge >= 0.3 is 5.97 Å². The molecule has 5 nitrogen and oxygen atoms in total. The standard InChI is InChI=1S/C29H22N2O3S/c1-3-21-15-25-27(32)23-9-6-10-24(29(33)34-2)26(23)31(28(25)35-21)17-18-11-13-19(14-12-18)22-8-5-4-7-20(22)16-30/h4-15H,3,17H2,1-2H3. The minimum absolute atomic E-state index is 0.0728. The Morgan fingerprint density at radius 1 is 1.03 bits per heavy atom. The van der Waals surface area contributed by atoms with Crippen molar-refractivity contribution in [3.63, 3.8) is 0 Å². The van der Waals surface area contributed by atoms with E-state index in [4.69, 9.17) is 4.74 Å². The molecule has 5 rings (SSSR count). The molecule has 35 heavy (non-hydrogen) atoms. The Morgan fingerprint density at radius 3 is 2.51 bits per heavy atom. The van der Waals surface area contributed by atoms with Crippen molar-refractivity contribution in [2.24, 2.45) is 0 Å². The Bertz CT molecular complexity index is 1690. The molecular weight excluding hydrogens is 456 g/mol. The summed E-state index contributed by atoms with van der Waals surface area (Å²) in [5, 5.41) is 10.6. The first-order chi connectivity index (χ1) is 17.0. The van der Waals surface area contributed by atoms with E-state index in [0.29, 0.717) is 34.0 Å². The fourth-order valence-corrected chi connectivity index (χ4v) is 5.56. The van der Waals surface area contributed by atoms with E-state index in [1.807, 2.05) is 54.6 Å². The predicted octanol–water partition coefficient (Wildman–Crippen LogP) is 6.15. The molecule has 0 aliphatic heterocycles. The number of ether oxygens (including phenoxy) is 1. The lowest BCUT2D eigenvalue weighted by atomic mass is 9.99. The number of methoxy groups -OCH3 is 1. The quantitative estimate of drug-likeness (QED) is 0.284. The smallest absolute Gasteiger partial charge is 0.340 e. The number of carbonyl (C=O) groups is 1. The highest BCUT2D eigenvalue weighted by molar-refractivity contribution is 7.18. The highest BCUT2D eigenvalue weighted by atomic mass is 32.1. The molecular formula is C29H22N2O3S. The maximum absolute atomic E-state index is 13.4. The fourth-order valence-electron chi connectivity index (χ4n) is 4.46. The highest BCUT2D eigenvalue weighted by Gasteiger charge is 2.20. The van der Waals surface area contributed by atoms with E-state index in [1.165, 1.54) is 7.11 Å². The van der Waals surface area contributed by atoms with Gasteiger partial charge in [-0.1, -0.05) is 55.5 Å². The summed E-state index contributed by atoms with van der Waals surface area (Å²) in [6.45, 7) is 2.54. The van der Waals surface area contributed by atoms with Crippen LogP contribution in [0.2, 0.25) is 0 Å². The largest absolute Gasteiger partial charge is 0.465 e. The van der Waals surface area contributed by atoms with Crippen molar-refractivity contribution >= 4 is 38.4 Å². The van der Waals surface area contributed by atoms with Gasteiger partial charge in [-0.25, -0.2) is 4.79 Å². The van der Waals surface area contributed by atoms with Crippen LogP contribution in [0.3, 0.4) is 0 Å². The number of hydrogen-bond donors (Lipinski definition) is 0. The van der Waals surface area contributed by atoms with Crippen LogP contribution in [0.4, 0.5) is 0 Å². The van der Waals surface area contributed by atoms with Gasteiger partial charge in [0.25, 0.3) is 0 Å². The number of rotatable bonds is 5. The second-order valence-electron chi connectivity index (χ2n) is 8.25. The summed E-state index contributed by atoms with van der Waals surface area (Å²) in [7, 11) is 1.35. The number of hydrogen-bond acceptors (Lipinski definition) is 5. The number of aryl methyl sites for hydroxylation is 1. The van der Waals surface area contributed by atoms with Gasteiger partial charge in [-0.05, 0) is 47.4 Å². The first kappa shape index (κ1) is 22.6. The molecule has 0 bridgehead atoms.